The number of hydrogen-bond donors (Lipinski definition) is 0. The Labute approximate surface area is 304 Å². The van der Waals surface area contributed by atoms with Crippen molar-refractivity contribution in [2.24, 2.45) is 0 Å². The maximum atomic E-state index is 6.74. The van der Waals surface area contributed by atoms with Gasteiger partial charge >= 0.3 is 0 Å². The molecule has 0 aliphatic heterocycles. The minimum Gasteiger partial charge on any atom is -0.455 e. The third kappa shape index (κ3) is 4.88. The molecule has 0 atom stereocenters. The van der Waals surface area contributed by atoms with Crippen LogP contribution >= 0.6 is 0 Å². The molecule has 0 saturated carbocycles. The van der Waals surface area contributed by atoms with Crippen molar-refractivity contribution in [3.8, 4) is 45.3 Å². The second-order valence-corrected chi connectivity index (χ2v) is 13.6. The third-order valence-electron chi connectivity index (χ3n) is 10.5. The van der Waals surface area contributed by atoms with Crippen molar-refractivity contribution in [2.75, 3.05) is 0 Å². The zero-order chi connectivity index (χ0) is 34.9. The highest BCUT2D eigenvalue weighted by molar-refractivity contribution is 6.16. The highest BCUT2D eigenvalue weighted by Gasteiger charge is 2.21. The van der Waals surface area contributed by atoms with Crippen LogP contribution in [0.5, 0.6) is 0 Å². The molecule has 0 radical (unpaired) electrons. The van der Waals surface area contributed by atoms with Crippen LogP contribution in [0.2, 0.25) is 0 Å². The number of aromatic nitrogens is 3. The number of para-hydroxylation sites is 1. The van der Waals surface area contributed by atoms with Gasteiger partial charge in [-0.3, -0.25) is 0 Å². The summed E-state index contributed by atoms with van der Waals surface area (Å²) in [7, 11) is 0. The molecule has 0 fully saturated rings. The summed E-state index contributed by atoms with van der Waals surface area (Å²) in [5.41, 5.74) is 6.50. The average molecular weight is 676 g/mol. The van der Waals surface area contributed by atoms with Crippen molar-refractivity contribution in [2.45, 2.75) is 0 Å². The molecule has 11 aromatic rings. The molecule has 0 aliphatic carbocycles. The molecular formula is C49H29N3O. The summed E-state index contributed by atoms with van der Waals surface area (Å²) < 4.78 is 6.74. The minimum atomic E-state index is 0.597. The molecule has 9 aromatic carbocycles. The van der Waals surface area contributed by atoms with E-state index in [0.29, 0.717) is 17.5 Å². The van der Waals surface area contributed by atoms with Crippen LogP contribution in [0.3, 0.4) is 0 Å². The lowest BCUT2D eigenvalue weighted by atomic mass is 9.95. The predicted molar refractivity (Wildman–Crippen MR) is 219 cm³/mol. The van der Waals surface area contributed by atoms with E-state index < -0.39 is 0 Å². The lowest BCUT2D eigenvalue weighted by Gasteiger charge is -2.12. The molecule has 2 heterocycles. The van der Waals surface area contributed by atoms with Gasteiger partial charge in [0.2, 0.25) is 0 Å². The zero-order valence-corrected chi connectivity index (χ0v) is 28.5. The SMILES string of the molecule is c1ccc2cc(-c3nc(-c4ccc5ccccc5c4)nc(-c4ccc(-c5ccc6c(ccc7ccccc76)c5)c5oc6ccccc6c45)n3)ccc2c1. The van der Waals surface area contributed by atoms with Gasteiger partial charge in [-0.25, -0.2) is 15.0 Å². The Balaban J connectivity index is 1.15. The van der Waals surface area contributed by atoms with E-state index in [4.69, 9.17) is 19.4 Å². The molecule has 0 spiro atoms. The van der Waals surface area contributed by atoms with E-state index in [1.807, 2.05) is 12.1 Å². The standard InChI is InChI=1S/C49H29N3O/c1-3-12-33-27-37(21-17-30(33)9-1)47-50-48(38-22-18-31-10-2-4-13-34(31)28-38)52-49(51-47)43-26-25-41(46-45(43)42-15-7-8-16-44(42)53-46)36-23-24-40-35(29-36)20-19-32-11-5-6-14-39(32)40/h1-29H. The van der Waals surface area contributed by atoms with Crippen molar-refractivity contribution in [1.29, 1.82) is 0 Å². The molecule has 4 heteroatoms. The number of rotatable bonds is 4. The average Bonchev–Trinajstić information content (AvgIpc) is 3.62. The van der Waals surface area contributed by atoms with E-state index in [1.54, 1.807) is 0 Å². The molecule has 2 aromatic heterocycles. The van der Waals surface area contributed by atoms with Gasteiger partial charge in [-0.2, -0.15) is 0 Å². The quantitative estimate of drug-likeness (QED) is 0.174. The van der Waals surface area contributed by atoms with E-state index in [9.17, 15) is 0 Å². The van der Waals surface area contributed by atoms with Crippen LogP contribution < -0.4 is 0 Å². The van der Waals surface area contributed by atoms with Crippen LogP contribution in [0.25, 0.3) is 110 Å². The Hall–Kier alpha value is -7.17. The van der Waals surface area contributed by atoms with Crippen LogP contribution in [0.15, 0.2) is 180 Å². The normalized spacial score (nSPS) is 11.8. The maximum absolute atomic E-state index is 6.74. The van der Waals surface area contributed by atoms with Crippen molar-refractivity contribution >= 4 is 65.0 Å². The fourth-order valence-corrected chi connectivity index (χ4v) is 7.83. The number of furan rings is 1. The Kier molecular flexibility index (Phi) is 6.52. The summed E-state index contributed by atoms with van der Waals surface area (Å²) in [6.45, 7) is 0. The van der Waals surface area contributed by atoms with Crippen LogP contribution in [0.4, 0.5) is 0 Å². The van der Waals surface area contributed by atoms with Crippen molar-refractivity contribution in [3.63, 3.8) is 0 Å². The number of fused-ring (bicyclic) bond motifs is 8. The minimum absolute atomic E-state index is 0.597. The lowest BCUT2D eigenvalue weighted by molar-refractivity contribution is 0.670. The molecule has 0 N–H and O–H groups in total. The largest absolute Gasteiger partial charge is 0.455 e. The summed E-state index contributed by atoms with van der Waals surface area (Å²) in [5, 5.41) is 11.5. The van der Waals surface area contributed by atoms with Gasteiger partial charge in [0.25, 0.3) is 0 Å². The highest BCUT2D eigenvalue weighted by Crippen LogP contribution is 2.42. The Bertz CT molecular complexity index is 3150. The lowest BCUT2D eigenvalue weighted by Crippen LogP contribution is -2.00. The topological polar surface area (TPSA) is 51.8 Å². The van der Waals surface area contributed by atoms with Gasteiger partial charge in [0.15, 0.2) is 17.5 Å². The Morgan fingerprint density at radius 1 is 0.321 bits per heavy atom. The second-order valence-electron chi connectivity index (χ2n) is 13.6. The van der Waals surface area contributed by atoms with Crippen molar-refractivity contribution < 1.29 is 4.42 Å². The summed E-state index contributed by atoms with van der Waals surface area (Å²) in [6, 6.07) is 61.7. The molecule has 11 rings (SSSR count). The third-order valence-corrected chi connectivity index (χ3v) is 10.5. The van der Waals surface area contributed by atoms with Gasteiger partial charge in [0.05, 0.1) is 0 Å². The molecule has 0 saturated heterocycles. The number of benzene rings is 9. The van der Waals surface area contributed by atoms with Gasteiger partial charge < -0.3 is 4.42 Å². The van der Waals surface area contributed by atoms with Gasteiger partial charge in [0.1, 0.15) is 11.2 Å². The van der Waals surface area contributed by atoms with E-state index in [2.05, 4.69) is 164 Å². The van der Waals surface area contributed by atoms with Gasteiger partial charge in [0, 0.05) is 33.0 Å². The van der Waals surface area contributed by atoms with Gasteiger partial charge in [-0.05, 0) is 85.1 Å². The van der Waals surface area contributed by atoms with Crippen LogP contribution in [0, 0.1) is 0 Å². The first-order valence-corrected chi connectivity index (χ1v) is 17.8. The Morgan fingerprint density at radius 3 is 1.53 bits per heavy atom. The zero-order valence-electron chi connectivity index (χ0n) is 28.5. The molecule has 4 nitrogen and oxygen atoms in total. The molecule has 0 amide bonds. The summed E-state index contributed by atoms with van der Waals surface area (Å²) in [4.78, 5) is 15.5. The summed E-state index contributed by atoms with van der Waals surface area (Å²) >= 11 is 0. The molecular weight excluding hydrogens is 647 g/mol. The fraction of sp³-hybridized carbons (Fsp3) is 0. The van der Waals surface area contributed by atoms with Gasteiger partial charge in [-0.1, -0.05) is 140 Å². The molecule has 0 unspecified atom stereocenters. The van der Waals surface area contributed by atoms with Crippen molar-refractivity contribution in [1.82, 2.24) is 15.0 Å². The monoisotopic (exact) mass is 675 g/mol. The Morgan fingerprint density at radius 2 is 0.811 bits per heavy atom. The van der Waals surface area contributed by atoms with Crippen LogP contribution in [-0.4, -0.2) is 15.0 Å². The van der Waals surface area contributed by atoms with E-state index >= 15 is 0 Å². The first kappa shape index (κ1) is 29.5. The van der Waals surface area contributed by atoms with Gasteiger partial charge in [-0.15, -0.1) is 0 Å². The first-order valence-electron chi connectivity index (χ1n) is 17.8. The second kappa shape index (κ2) is 11.7. The van der Waals surface area contributed by atoms with Crippen LogP contribution in [-0.2, 0) is 0 Å². The smallest absolute Gasteiger partial charge is 0.164 e. The molecule has 246 valence electrons. The molecule has 0 aliphatic rings. The number of hydrogen-bond acceptors (Lipinski definition) is 4. The first-order chi connectivity index (χ1) is 26.2. The summed E-state index contributed by atoms with van der Waals surface area (Å²) in [5.74, 6) is 1.84. The van der Waals surface area contributed by atoms with E-state index in [0.717, 1.165) is 60.5 Å². The van der Waals surface area contributed by atoms with Crippen molar-refractivity contribution in [3.05, 3.63) is 176 Å². The van der Waals surface area contributed by atoms with E-state index in [-0.39, 0.29) is 0 Å². The highest BCUT2D eigenvalue weighted by atomic mass is 16.3. The maximum Gasteiger partial charge on any atom is 0.164 e. The molecule has 53 heavy (non-hydrogen) atoms. The fourth-order valence-electron chi connectivity index (χ4n) is 7.83. The van der Waals surface area contributed by atoms with Crippen LogP contribution in [0.1, 0.15) is 0 Å². The predicted octanol–water partition coefficient (Wildman–Crippen LogP) is 13.1. The number of nitrogens with zero attached hydrogens (tertiary/aromatic N) is 3. The summed E-state index contributed by atoms with van der Waals surface area (Å²) in [6.07, 6.45) is 0. The van der Waals surface area contributed by atoms with E-state index in [1.165, 1.54) is 32.3 Å². The molecule has 0 bridgehead atoms.